The zero-order valence-electron chi connectivity index (χ0n) is 34.1. The van der Waals surface area contributed by atoms with E-state index in [2.05, 4.69) is 173 Å². The minimum atomic E-state index is -0.0238. The molecule has 3 nitrogen and oxygen atoms in total. The second-order valence-electron chi connectivity index (χ2n) is 17.2. The van der Waals surface area contributed by atoms with Gasteiger partial charge in [0.25, 0.3) is 0 Å². The van der Waals surface area contributed by atoms with Crippen LogP contribution in [0, 0.1) is 0 Å². The Morgan fingerprint density at radius 1 is 0.627 bits per heavy atom. The fourth-order valence-electron chi connectivity index (χ4n) is 10.3. The van der Waals surface area contributed by atoms with Crippen LogP contribution in [0.4, 0.5) is 0 Å². The molecule has 11 rings (SSSR count). The Morgan fingerprint density at radius 2 is 1.34 bits per heavy atom. The van der Waals surface area contributed by atoms with Gasteiger partial charge in [0.15, 0.2) is 5.84 Å². The highest BCUT2D eigenvalue weighted by atomic mass is 16.3. The number of allylic oxidation sites excluding steroid dienone is 1. The molecule has 7 aromatic carbocycles. The van der Waals surface area contributed by atoms with Crippen molar-refractivity contribution in [3.8, 4) is 22.3 Å². The number of amidine groups is 1. The van der Waals surface area contributed by atoms with E-state index in [1.54, 1.807) is 0 Å². The first kappa shape index (κ1) is 35.6. The molecule has 0 N–H and O–H groups in total. The zero-order valence-corrected chi connectivity index (χ0v) is 34.1. The fraction of sp³-hybridized carbons (Fsp3) is 0.179. The molecule has 1 aromatic heterocycles. The normalized spacial score (nSPS) is 17.1. The first-order valence-corrected chi connectivity index (χ1v) is 21.2. The van der Waals surface area contributed by atoms with E-state index in [0.717, 1.165) is 68.7 Å². The van der Waals surface area contributed by atoms with E-state index in [4.69, 9.17) is 14.4 Å². The van der Waals surface area contributed by atoms with Gasteiger partial charge in [0.2, 0.25) is 0 Å². The van der Waals surface area contributed by atoms with Crippen molar-refractivity contribution >= 4 is 39.2 Å². The van der Waals surface area contributed by atoms with Gasteiger partial charge in [-0.1, -0.05) is 167 Å². The van der Waals surface area contributed by atoms with Crippen molar-refractivity contribution in [2.45, 2.75) is 64.2 Å². The molecule has 2 aliphatic carbocycles. The lowest BCUT2D eigenvalue weighted by molar-refractivity contribution is 0.566. The van der Waals surface area contributed by atoms with Crippen LogP contribution < -0.4 is 0 Å². The second-order valence-corrected chi connectivity index (χ2v) is 17.2. The standard InChI is InChI=1S/C56H46N2O/c1-5-35-32-51(37-16-7-6-8-17-37)57-55(58-53(35)45-23-15-22-44-43-21-12-14-25-52(43)59-54(44)45)38-28-26-36(27-29-38)34(2)46-30-39-31-50-48(33-47(39)41-19-10-9-18-40(41)46)42-20-11-13-24-49(42)56(50,3)4/h6-29,31,33-34,46H,5,30,32H2,1-4H3. The summed E-state index contributed by atoms with van der Waals surface area (Å²) < 4.78 is 6.58. The maximum atomic E-state index is 6.58. The molecule has 0 spiro atoms. The molecule has 8 aromatic rings. The van der Waals surface area contributed by atoms with E-state index < -0.39 is 0 Å². The van der Waals surface area contributed by atoms with Gasteiger partial charge in [0.1, 0.15) is 11.2 Å². The molecule has 0 saturated heterocycles. The van der Waals surface area contributed by atoms with Crippen LogP contribution in [0.15, 0.2) is 178 Å². The average molecular weight is 763 g/mol. The van der Waals surface area contributed by atoms with Crippen LogP contribution in [0.1, 0.15) is 96.9 Å². The van der Waals surface area contributed by atoms with Crippen LogP contribution in [-0.4, -0.2) is 11.5 Å². The summed E-state index contributed by atoms with van der Waals surface area (Å²) >= 11 is 0. The zero-order chi connectivity index (χ0) is 39.8. The van der Waals surface area contributed by atoms with Gasteiger partial charge in [0.05, 0.1) is 11.4 Å². The summed E-state index contributed by atoms with van der Waals surface area (Å²) in [6.45, 7) is 9.40. The molecule has 0 bridgehead atoms. The third-order valence-electron chi connectivity index (χ3n) is 13.6. The van der Waals surface area contributed by atoms with E-state index in [-0.39, 0.29) is 5.41 Å². The monoisotopic (exact) mass is 762 g/mol. The molecule has 1 aliphatic heterocycles. The summed E-state index contributed by atoms with van der Waals surface area (Å²) in [6.07, 6.45) is 2.57. The molecule has 2 unspecified atom stereocenters. The summed E-state index contributed by atoms with van der Waals surface area (Å²) in [5.74, 6) is 1.37. The van der Waals surface area contributed by atoms with Crippen LogP contribution >= 0.6 is 0 Å². The van der Waals surface area contributed by atoms with Gasteiger partial charge in [-0.25, -0.2) is 9.98 Å². The number of para-hydroxylation sites is 2. The molecule has 286 valence electrons. The largest absolute Gasteiger partial charge is 0.455 e. The molecule has 3 heteroatoms. The van der Waals surface area contributed by atoms with Crippen molar-refractivity contribution in [3.63, 3.8) is 0 Å². The molecule has 3 aliphatic rings. The maximum Gasteiger partial charge on any atom is 0.160 e. The Kier molecular flexibility index (Phi) is 8.30. The predicted molar refractivity (Wildman–Crippen MR) is 246 cm³/mol. The highest BCUT2D eigenvalue weighted by molar-refractivity contribution is 6.17. The smallest absolute Gasteiger partial charge is 0.160 e. The summed E-state index contributed by atoms with van der Waals surface area (Å²) in [6, 6.07) is 57.5. The van der Waals surface area contributed by atoms with Gasteiger partial charge in [-0.15, -0.1) is 0 Å². The number of rotatable bonds is 6. The third-order valence-corrected chi connectivity index (χ3v) is 13.6. The van der Waals surface area contributed by atoms with E-state index in [1.807, 2.05) is 12.1 Å². The van der Waals surface area contributed by atoms with E-state index >= 15 is 0 Å². The van der Waals surface area contributed by atoms with Gasteiger partial charge >= 0.3 is 0 Å². The first-order chi connectivity index (χ1) is 28.9. The number of aliphatic imine (C=N–C) groups is 2. The SMILES string of the molecule is CCC1=C(c2cccc3c2oc2ccccc23)N=C(c2ccc(C(C)C3Cc4cc5c(cc4-c4ccccc43)-c3ccccc3C5(C)C)cc2)N=C(c2ccccc2)C1. The highest BCUT2D eigenvalue weighted by Gasteiger charge is 2.38. The fourth-order valence-corrected chi connectivity index (χ4v) is 10.3. The lowest BCUT2D eigenvalue weighted by Crippen LogP contribution is -2.19. The lowest BCUT2D eigenvalue weighted by atomic mass is 9.70. The number of furan rings is 1. The molecule has 2 heterocycles. The van der Waals surface area contributed by atoms with E-state index in [0.29, 0.717) is 18.3 Å². The average Bonchev–Trinajstić information content (AvgIpc) is 3.68. The Morgan fingerprint density at radius 3 is 2.17 bits per heavy atom. The quantitative estimate of drug-likeness (QED) is 0.166. The molecular formula is C56H46N2O. The number of nitrogens with zero attached hydrogens (tertiary/aromatic N) is 2. The molecule has 0 amide bonds. The van der Waals surface area contributed by atoms with Gasteiger partial charge in [-0.05, 0) is 104 Å². The van der Waals surface area contributed by atoms with Crippen molar-refractivity contribution in [1.82, 2.24) is 0 Å². The highest BCUT2D eigenvalue weighted by Crippen LogP contribution is 2.53. The van der Waals surface area contributed by atoms with Crippen LogP contribution in [0.5, 0.6) is 0 Å². The first-order valence-electron chi connectivity index (χ1n) is 21.2. The Bertz CT molecular complexity index is 3070. The topological polar surface area (TPSA) is 37.9 Å². The van der Waals surface area contributed by atoms with E-state index in [1.165, 1.54) is 55.6 Å². The minimum absolute atomic E-state index is 0.0238. The van der Waals surface area contributed by atoms with Gasteiger partial charge < -0.3 is 4.42 Å². The Labute approximate surface area is 346 Å². The lowest BCUT2D eigenvalue weighted by Gasteiger charge is -2.33. The maximum absolute atomic E-state index is 6.58. The summed E-state index contributed by atoms with van der Waals surface area (Å²) in [5, 5.41) is 2.23. The second kappa shape index (κ2) is 13.8. The van der Waals surface area contributed by atoms with E-state index in [9.17, 15) is 0 Å². The molecule has 0 radical (unpaired) electrons. The number of hydrogen-bond acceptors (Lipinski definition) is 3. The summed E-state index contributed by atoms with van der Waals surface area (Å²) in [7, 11) is 0. The van der Waals surface area contributed by atoms with Gasteiger partial charge in [0, 0.05) is 33.7 Å². The van der Waals surface area contributed by atoms with Crippen LogP contribution in [-0.2, 0) is 11.8 Å². The number of hydrogen-bond donors (Lipinski definition) is 0. The predicted octanol–water partition coefficient (Wildman–Crippen LogP) is 14.5. The van der Waals surface area contributed by atoms with Gasteiger partial charge in [-0.2, -0.15) is 0 Å². The third kappa shape index (κ3) is 5.70. The van der Waals surface area contributed by atoms with Crippen molar-refractivity contribution in [2.24, 2.45) is 9.98 Å². The molecule has 59 heavy (non-hydrogen) atoms. The Hall–Kier alpha value is -6.58. The Balaban J connectivity index is 0.982. The van der Waals surface area contributed by atoms with Crippen molar-refractivity contribution < 1.29 is 4.42 Å². The minimum Gasteiger partial charge on any atom is -0.455 e. The van der Waals surface area contributed by atoms with Crippen LogP contribution in [0.25, 0.3) is 49.9 Å². The van der Waals surface area contributed by atoms with Crippen molar-refractivity contribution in [2.75, 3.05) is 0 Å². The van der Waals surface area contributed by atoms with Crippen molar-refractivity contribution in [3.05, 3.63) is 208 Å². The number of benzene rings is 7. The number of fused-ring (bicyclic) bond motifs is 9. The summed E-state index contributed by atoms with van der Waals surface area (Å²) in [5.41, 5.74) is 20.7. The molecule has 0 saturated carbocycles. The molecule has 0 fully saturated rings. The molecule has 2 atom stereocenters. The van der Waals surface area contributed by atoms with Gasteiger partial charge in [-0.3, -0.25) is 0 Å². The molecular weight excluding hydrogens is 717 g/mol. The van der Waals surface area contributed by atoms with Crippen LogP contribution in [0.2, 0.25) is 0 Å². The van der Waals surface area contributed by atoms with Crippen LogP contribution in [0.3, 0.4) is 0 Å². The van der Waals surface area contributed by atoms with Crippen molar-refractivity contribution in [1.29, 1.82) is 0 Å². The summed E-state index contributed by atoms with van der Waals surface area (Å²) in [4.78, 5) is 10.9.